The van der Waals surface area contributed by atoms with Gasteiger partial charge in [-0.1, -0.05) is 212 Å². The maximum Gasteiger partial charge on any atom is 0.0462 e. The van der Waals surface area contributed by atoms with Crippen molar-refractivity contribution in [3.8, 4) is 55.6 Å². The Kier molecular flexibility index (Phi) is 11.3. The average molecular weight is 893 g/mol. The van der Waals surface area contributed by atoms with Crippen molar-refractivity contribution in [2.45, 2.75) is 0 Å². The van der Waals surface area contributed by atoms with Gasteiger partial charge in [-0.15, -0.1) is 0 Å². The Morgan fingerprint density at radius 1 is 0.171 bits per heavy atom. The molecule has 0 saturated carbocycles. The molecule has 12 rings (SSSR count). The zero-order valence-electron chi connectivity index (χ0n) is 38.6. The zero-order valence-corrected chi connectivity index (χ0v) is 38.6. The predicted octanol–water partition coefficient (Wildman–Crippen LogP) is 19.3. The first-order chi connectivity index (χ1) is 34.7. The first-order valence-corrected chi connectivity index (χ1v) is 24.0. The molecule has 330 valence electrons. The van der Waals surface area contributed by atoms with E-state index in [-0.39, 0.29) is 0 Å². The van der Waals surface area contributed by atoms with Crippen molar-refractivity contribution in [3.63, 3.8) is 0 Å². The lowest BCUT2D eigenvalue weighted by Crippen LogP contribution is -2.10. The van der Waals surface area contributed by atoms with Crippen molar-refractivity contribution in [3.05, 3.63) is 291 Å². The molecule has 2 heteroatoms. The molecule has 0 bridgehead atoms. The molecule has 12 aromatic rings. The van der Waals surface area contributed by atoms with Gasteiger partial charge in [0.25, 0.3) is 0 Å². The molecule has 0 spiro atoms. The van der Waals surface area contributed by atoms with Gasteiger partial charge in [0.05, 0.1) is 0 Å². The molecule has 0 atom stereocenters. The highest BCUT2D eigenvalue weighted by Crippen LogP contribution is 2.42. The van der Waals surface area contributed by atoms with Crippen LogP contribution in [-0.2, 0) is 0 Å². The van der Waals surface area contributed by atoms with E-state index in [0.29, 0.717) is 0 Å². The molecular formula is C68H48N2. The third-order valence-corrected chi connectivity index (χ3v) is 13.5. The van der Waals surface area contributed by atoms with Gasteiger partial charge >= 0.3 is 0 Å². The Bertz CT molecular complexity index is 3600. The van der Waals surface area contributed by atoms with Crippen molar-refractivity contribution in [2.75, 3.05) is 9.80 Å². The normalized spacial score (nSPS) is 11.1. The molecule has 0 aromatic heterocycles. The Labute approximate surface area is 410 Å². The average Bonchev–Trinajstić information content (AvgIpc) is 3.45. The summed E-state index contributed by atoms with van der Waals surface area (Å²) in [4.78, 5) is 4.69. The second kappa shape index (κ2) is 18.8. The summed E-state index contributed by atoms with van der Waals surface area (Å²) in [5.41, 5.74) is 18.5. The van der Waals surface area contributed by atoms with Gasteiger partial charge in [0.1, 0.15) is 0 Å². The number of anilines is 6. The van der Waals surface area contributed by atoms with Crippen LogP contribution < -0.4 is 9.80 Å². The Morgan fingerprint density at radius 2 is 0.414 bits per heavy atom. The van der Waals surface area contributed by atoms with Gasteiger partial charge in [0.15, 0.2) is 0 Å². The molecule has 70 heavy (non-hydrogen) atoms. The van der Waals surface area contributed by atoms with Crippen molar-refractivity contribution >= 4 is 55.7 Å². The van der Waals surface area contributed by atoms with Gasteiger partial charge in [-0.05, 0) is 156 Å². The first-order valence-electron chi connectivity index (χ1n) is 24.0. The van der Waals surface area contributed by atoms with Crippen LogP contribution in [0.15, 0.2) is 291 Å². The zero-order chi connectivity index (χ0) is 46.6. The number of rotatable bonds is 11. The molecule has 0 aliphatic rings. The van der Waals surface area contributed by atoms with E-state index < -0.39 is 0 Å². The smallest absolute Gasteiger partial charge is 0.0462 e. The van der Waals surface area contributed by atoms with E-state index in [1.165, 1.54) is 66.1 Å². The van der Waals surface area contributed by atoms with E-state index in [1.807, 2.05) is 0 Å². The highest BCUT2D eigenvalue weighted by Gasteiger charge is 2.17. The van der Waals surface area contributed by atoms with Gasteiger partial charge in [-0.3, -0.25) is 0 Å². The minimum atomic E-state index is 1.08. The van der Waals surface area contributed by atoms with E-state index >= 15 is 0 Å². The van der Waals surface area contributed by atoms with Gasteiger partial charge < -0.3 is 9.80 Å². The lowest BCUT2D eigenvalue weighted by molar-refractivity contribution is 1.28. The van der Waals surface area contributed by atoms with Crippen molar-refractivity contribution < 1.29 is 0 Å². The molecule has 0 unspecified atom stereocenters. The molecule has 0 fully saturated rings. The topological polar surface area (TPSA) is 6.48 Å². The molecule has 0 heterocycles. The number of hydrogen-bond donors (Lipinski definition) is 0. The fourth-order valence-electron chi connectivity index (χ4n) is 9.88. The third-order valence-electron chi connectivity index (χ3n) is 13.5. The summed E-state index contributed by atoms with van der Waals surface area (Å²) in [5, 5.41) is 5.05. The molecule has 0 saturated heterocycles. The summed E-state index contributed by atoms with van der Waals surface area (Å²) in [5.74, 6) is 0. The highest BCUT2D eigenvalue weighted by atomic mass is 15.1. The van der Waals surface area contributed by atoms with Crippen LogP contribution >= 0.6 is 0 Å². The molecule has 2 nitrogen and oxygen atoms in total. The van der Waals surface area contributed by atoms with Gasteiger partial charge in [-0.25, -0.2) is 0 Å². The first kappa shape index (κ1) is 42.1. The van der Waals surface area contributed by atoms with Crippen LogP contribution in [0.2, 0.25) is 0 Å². The summed E-state index contributed by atoms with van der Waals surface area (Å²) in [6, 6.07) is 105. The van der Waals surface area contributed by atoms with E-state index in [9.17, 15) is 0 Å². The molecular weight excluding hydrogens is 845 g/mol. The standard InChI is InChI=1S/C68H48N2/c1-4-14-49(15-5-1)52-24-36-59(37-25-52)69(60-38-26-53(27-39-60)50-16-6-2-7-17-50)62-42-30-55(31-43-62)56-32-44-63(45-33-56)70(61-40-28-54(29-41-61)51-18-8-3-9-19-51)64-46-34-57(35-47-64)68-48-58-20-10-11-21-65(58)66-22-12-13-23-67(66)68/h1-48H. The maximum atomic E-state index is 2.36. The Morgan fingerprint density at radius 3 is 0.743 bits per heavy atom. The second-order valence-electron chi connectivity index (χ2n) is 17.7. The van der Waals surface area contributed by atoms with Crippen LogP contribution in [0.25, 0.3) is 77.2 Å². The number of fused-ring (bicyclic) bond motifs is 3. The van der Waals surface area contributed by atoms with Gasteiger partial charge in [-0.2, -0.15) is 0 Å². The third kappa shape index (κ3) is 8.40. The summed E-state index contributed by atoms with van der Waals surface area (Å²) in [6.07, 6.45) is 0. The second-order valence-corrected chi connectivity index (χ2v) is 17.7. The van der Waals surface area contributed by atoms with Crippen LogP contribution in [-0.4, -0.2) is 0 Å². The van der Waals surface area contributed by atoms with Crippen molar-refractivity contribution in [1.29, 1.82) is 0 Å². The number of benzene rings is 12. The molecule has 0 aliphatic heterocycles. The lowest BCUT2D eigenvalue weighted by atomic mass is 9.93. The molecule has 0 aliphatic carbocycles. The van der Waals surface area contributed by atoms with Crippen LogP contribution in [0.4, 0.5) is 34.1 Å². The van der Waals surface area contributed by atoms with Crippen molar-refractivity contribution in [1.82, 2.24) is 0 Å². The van der Waals surface area contributed by atoms with Crippen LogP contribution in [0.3, 0.4) is 0 Å². The predicted molar refractivity (Wildman–Crippen MR) is 298 cm³/mol. The largest absolute Gasteiger partial charge is 0.311 e. The number of hydrogen-bond acceptors (Lipinski definition) is 2. The molecule has 0 amide bonds. The van der Waals surface area contributed by atoms with Gasteiger partial charge in [0, 0.05) is 34.1 Å². The van der Waals surface area contributed by atoms with Gasteiger partial charge in [0.2, 0.25) is 0 Å². The summed E-state index contributed by atoms with van der Waals surface area (Å²) in [7, 11) is 0. The Hall–Kier alpha value is -9.24. The van der Waals surface area contributed by atoms with E-state index in [0.717, 1.165) is 45.3 Å². The fourth-order valence-corrected chi connectivity index (χ4v) is 9.88. The maximum absolute atomic E-state index is 2.36. The quantitative estimate of drug-likeness (QED) is 0.119. The minimum absolute atomic E-state index is 1.08. The van der Waals surface area contributed by atoms with Crippen LogP contribution in [0.1, 0.15) is 0 Å². The lowest BCUT2D eigenvalue weighted by Gasteiger charge is -2.27. The minimum Gasteiger partial charge on any atom is -0.311 e. The van der Waals surface area contributed by atoms with E-state index in [4.69, 9.17) is 0 Å². The summed E-state index contributed by atoms with van der Waals surface area (Å²) in [6.45, 7) is 0. The highest BCUT2D eigenvalue weighted by molar-refractivity contribution is 6.13. The van der Waals surface area contributed by atoms with E-state index in [2.05, 4.69) is 301 Å². The fraction of sp³-hybridized carbons (Fsp3) is 0. The molecule has 12 aromatic carbocycles. The summed E-state index contributed by atoms with van der Waals surface area (Å²) >= 11 is 0. The van der Waals surface area contributed by atoms with Crippen LogP contribution in [0, 0.1) is 0 Å². The van der Waals surface area contributed by atoms with Crippen molar-refractivity contribution in [2.24, 2.45) is 0 Å². The van der Waals surface area contributed by atoms with Crippen LogP contribution in [0.5, 0.6) is 0 Å². The Balaban J connectivity index is 0.872. The monoisotopic (exact) mass is 892 g/mol. The molecule has 0 N–H and O–H groups in total. The summed E-state index contributed by atoms with van der Waals surface area (Å²) < 4.78 is 0. The number of nitrogens with zero attached hydrogens (tertiary/aromatic N) is 2. The SMILES string of the molecule is c1ccc(-c2ccc(N(c3ccc(-c4ccccc4)cc3)c3ccc(-c4ccc(N(c5ccc(-c6ccccc6)cc5)c5ccc(-c6cc7ccccc7c7ccccc67)cc5)cc4)cc3)cc2)cc1. The van der Waals surface area contributed by atoms with E-state index in [1.54, 1.807) is 0 Å². The molecule has 0 radical (unpaired) electrons.